The van der Waals surface area contributed by atoms with Gasteiger partial charge in [-0.15, -0.1) is 0 Å². The zero-order valence-corrected chi connectivity index (χ0v) is 10.6. The Morgan fingerprint density at radius 1 is 1.06 bits per heavy atom. The molecule has 0 bridgehead atoms. The Kier molecular flexibility index (Phi) is 3.37. The highest BCUT2D eigenvalue weighted by Crippen LogP contribution is 2.24. The van der Waals surface area contributed by atoms with Crippen LogP contribution in [0.3, 0.4) is 0 Å². The summed E-state index contributed by atoms with van der Waals surface area (Å²) in [5.41, 5.74) is 1.20. The lowest BCUT2D eigenvalue weighted by Gasteiger charge is -2.07. The zero-order valence-electron chi connectivity index (χ0n) is 10.6. The minimum atomic E-state index is -0.0483. The second-order valence-corrected chi connectivity index (χ2v) is 4.00. The van der Waals surface area contributed by atoms with E-state index in [1.165, 1.54) is 0 Å². The maximum atomic E-state index is 12.3. The highest BCUT2D eigenvalue weighted by atomic mass is 16.5. The van der Waals surface area contributed by atoms with Crippen LogP contribution < -0.4 is 9.47 Å². The van der Waals surface area contributed by atoms with Crippen LogP contribution in [0.4, 0.5) is 0 Å². The predicted molar refractivity (Wildman–Crippen MR) is 68.4 cm³/mol. The Labute approximate surface area is 106 Å². The Hall–Kier alpha value is -2.23. The summed E-state index contributed by atoms with van der Waals surface area (Å²) in [4.78, 5) is 12.3. The molecule has 94 valence electrons. The third-order valence-electron chi connectivity index (χ3n) is 2.71. The second-order valence-electron chi connectivity index (χ2n) is 4.00. The molecular formula is C14H15NO3. The number of ketones is 1. The molecule has 0 aliphatic rings. The van der Waals surface area contributed by atoms with Gasteiger partial charge < -0.3 is 14.0 Å². The maximum Gasteiger partial charge on any atom is 0.194 e. The van der Waals surface area contributed by atoms with Crippen molar-refractivity contribution >= 4 is 5.78 Å². The third kappa shape index (κ3) is 2.37. The number of nitrogens with zero attached hydrogens (tertiary/aromatic N) is 1. The summed E-state index contributed by atoms with van der Waals surface area (Å²) < 4.78 is 12.1. The molecule has 1 aromatic carbocycles. The lowest BCUT2D eigenvalue weighted by Crippen LogP contribution is -2.01. The van der Waals surface area contributed by atoms with Gasteiger partial charge in [-0.2, -0.15) is 0 Å². The number of aromatic nitrogens is 1. The Bertz CT molecular complexity index is 550. The van der Waals surface area contributed by atoms with E-state index in [0.717, 1.165) is 0 Å². The monoisotopic (exact) mass is 245 g/mol. The molecule has 2 rings (SSSR count). The van der Waals surface area contributed by atoms with Crippen molar-refractivity contribution in [3.05, 3.63) is 47.8 Å². The molecule has 0 aliphatic carbocycles. The number of aryl methyl sites for hydroxylation is 1. The summed E-state index contributed by atoms with van der Waals surface area (Å²) in [6.07, 6.45) is 3.62. The molecule has 0 fully saturated rings. The largest absolute Gasteiger partial charge is 0.497 e. The van der Waals surface area contributed by atoms with Gasteiger partial charge >= 0.3 is 0 Å². The van der Waals surface area contributed by atoms with E-state index in [1.807, 2.05) is 17.8 Å². The molecule has 2 aromatic rings. The van der Waals surface area contributed by atoms with E-state index in [0.29, 0.717) is 22.6 Å². The molecule has 0 aliphatic heterocycles. The second kappa shape index (κ2) is 4.96. The molecule has 0 atom stereocenters. The van der Waals surface area contributed by atoms with Crippen molar-refractivity contribution in [2.24, 2.45) is 7.05 Å². The molecule has 4 nitrogen and oxygen atoms in total. The molecular weight excluding hydrogens is 230 g/mol. The highest BCUT2D eigenvalue weighted by Gasteiger charge is 2.12. The fourth-order valence-electron chi connectivity index (χ4n) is 1.74. The van der Waals surface area contributed by atoms with E-state index in [1.54, 1.807) is 44.7 Å². The van der Waals surface area contributed by atoms with E-state index in [9.17, 15) is 4.79 Å². The van der Waals surface area contributed by atoms with E-state index < -0.39 is 0 Å². The third-order valence-corrected chi connectivity index (χ3v) is 2.71. The van der Waals surface area contributed by atoms with E-state index >= 15 is 0 Å². The van der Waals surface area contributed by atoms with Crippen LogP contribution in [0, 0.1) is 0 Å². The number of carbonyl (C=O) groups is 1. The molecule has 0 amide bonds. The quantitative estimate of drug-likeness (QED) is 0.776. The summed E-state index contributed by atoms with van der Waals surface area (Å²) in [6, 6.07) is 6.94. The average molecular weight is 245 g/mol. The standard InChI is InChI=1S/C14H15NO3/c1-15-5-4-10(9-15)14(16)11-6-12(17-2)8-13(7-11)18-3/h4-9H,1-3H3. The lowest BCUT2D eigenvalue weighted by molar-refractivity contribution is 0.103. The minimum Gasteiger partial charge on any atom is -0.497 e. The number of carbonyl (C=O) groups excluding carboxylic acids is 1. The topological polar surface area (TPSA) is 40.5 Å². The van der Waals surface area contributed by atoms with Gasteiger partial charge in [0.05, 0.1) is 14.2 Å². The van der Waals surface area contributed by atoms with E-state index in [-0.39, 0.29) is 5.78 Å². The van der Waals surface area contributed by atoms with Crippen molar-refractivity contribution in [3.63, 3.8) is 0 Å². The van der Waals surface area contributed by atoms with Gasteiger partial charge in [-0.05, 0) is 18.2 Å². The molecule has 0 radical (unpaired) electrons. The molecule has 4 heteroatoms. The average Bonchev–Trinajstić information content (AvgIpc) is 2.83. The summed E-state index contributed by atoms with van der Waals surface area (Å²) >= 11 is 0. The number of rotatable bonds is 4. The van der Waals surface area contributed by atoms with Gasteiger partial charge in [-0.25, -0.2) is 0 Å². The van der Waals surface area contributed by atoms with Gasteiger partial charge in [0, 0.05) is 36.6 Å². The predicted octanol–water partition coefficient (Wildman–Crippen LogP) is 2.27. The van der Waals surface area contributed by atoms with Gasteiger partial charge in [-0.1, -0.05) is 0 Å². The van der Waals surface area contributed by atoms with Gasteiger partial charge in [0.2, 0.25) is 0 Å². The first-order valence-electron chi connectivity index (χ1n) is 5.54. The van der Waals surface area contributed by atoms with Gasteiger partial charge in [0.15, 0.2) is 5.78 Å². The molecule has 18 heavy (non-hydrogen) atoms. The van der Waals surface area contributed by atoms with Gasteiger partial charge in [-0.3, -0.25) is 4.79 Å². The van der Waals surface area contributed by atoms with Crippen LogP contribution in [-0.2, 0) is 7.05 Å². The Morgan fingerprint density at radius 2 is 1.67 bits per heavy atom. The first kappa shape index (κ1) is 12.2. The van der Waals surface area contributed by atoms with Crippen molar-refractivity contribution in [2.75, 3.05) is 14.2 Å². The molecule has 0 unspecified atom stereocenters. The van der Waals surface area contributed by atoms with Crippen molar-refractivity contribution in [1.82, 2.24) is 4.57 Å². The van der Waals surface area contributed by atoms with Crippen LogP contribution >= 0.6 is 0 Å². The van der Waals surface area contributed by atoms with Crippen molar-refractivity contribution in [3.8, 4) is 11.5 Å². The molecule has 0 N–H and O–H groups in total. The zero-order chi connectivity index (χ0) is 13.1. The normalized spacial score (nSPS) is 10.2. The summed E-state index contributed by atoms with van der Waals surface area (Å²) in [5, 5.41) is 0. The minimum absolute atomic E-state index is 0.0483. The molecule has 0 saturated carbocycles. The van der Waals surface area contributed by atoms with E-state index in [4.69, 9.17) is 9.47 Å². The van der Waals surface area contributed by atoms with Gasteiger partial charge in [0.1, 0.15) is 11.5 Å². The fourth-order valence-corrected chi connectivity index (χ4v) is 1.74. The lowest BCUT2D eigenvalue weighted by atomic mass is 10.1. The van der Waals surface area contributed by atoms with Crippen LogP contribution in [0.5, 0.6) is 11.5 Å². The number of hydrogen-bond acceptors (Lipinski definition) is 3. The molecule has 0 spiro atoms. The maximum absolute atomic E-state index is 12.3. The summed E-state index contributed by atoms with van der Waals surface area (Å²) in [7, 11) is 5.00. The van der Waals surface area contributed by atoms with Crippen LogP contribution in [0.2, 0.25) is 0 Å². The molecule has 1 heterocycles. The highest BCUT2D eigenvalue weighted by molar-refractivity contribution is 6.09. The Morgan fingerprint density at radius 3 is 2.11 bits per heavy atom. The summed E-state index contributed by atoms with van der Waals surface area (Å²) in [5.74, 6) is 1.16. The van der Waals surface area contributed by atoms with E-state index in [2.05, 4.69) is 0 Å². The van der Waals surface area contributed by atoms with Crippen LogP contribution in [0.25, 0.3) is 0 Å². The number of benzene rings is 1. The van der Waals surface area contributed by atoms with Gasteiger partial charge in [0.25, 0.3) is 0 Å². The summed E-state index contributed by atoms with van der Waals surface area (Å²) in [6.45, 7) is 0. The SMILES string of the molecule is COc1cc(OC)cc(C(=O)c2ccn(C)c2)c1. The number of hydrogen-bond donors (Lipinski definition) is 0. The number of methoxy groups -OCH3 is 2. The number of ether oxygens (including phenoxy) is 2. The van der Waals surface area contributed by atoms with Crippen LogP contribution in [0.1, 0.15) is 15.9 Å². The van der Waals surface area contributed by atoms with Crippen molar-refractivity contribution in [2.45, 2.75) is 0 Å². The van der Waals surface area contributed by atoms with Crippen LogP contribution in [0.15, 0.2) is 36.7 Å². The first-order valence-corrected chi connectivity index (χ1v) is 5.54. The fraction of sp³-hybridized carbons (Fsp3) is 0.214. The Balaban J connectivity index is 2.40. The first-order chi connectivity index (χ1) is 8.63. The molecule has 0 saturated heterocycles. The van der Waals surface area contributed by atoms with Crippen molar-refractivity contribution in [1.29, 1.82) is 0 Å². The smallest absolute Gasteiger partial charge is 0.194 e. The van der Waals surface area contributed by atoms with Crippen LogP contribution in [-0.4, -0.2) is 24.6 Å². The van der Waals surface area contributed by atoms with Crippen molar-refractivity contribution < 1.29 is 14.3 Å². The molecule has 1 aromatic heterocycles.